The zero-order chi connectivity index (χ0) is 21.8. The van der Waals surface area contributed by atoms with Gasteiger partial charge in [-0.25, -0.2) is 4.79 Å². The molecule has 0 spiro atoms. The number of phenols is 1. The molecule has 3 aromatic rings. The van der Waals surface area contributed by atoms with Crippen molar-refractivity contribution < 1.29 is 13.0 Å². The molecular weight excluding hydrogens is 499 g/mol. The van der Waals surface area contributed by atoms with E-state index in [1.807, 2.05) is 36.4 Å². The molecule has 1 aliphatic rings. The van der Waals surface area contributed by atoms with Gasteiger partial charge in [-0.3, -0.25) is 0 Å². The summed E-state index contributed by atoms with van der Waals surface area (Å²) in [7, 11) is 0. The Morgan fingerprint density at radius 3 is 2.55 bits per heavy atom. The Morgan fingerprint density at radius 2 is 1.74 bits per heavy atom. The monoisotopic (exact) mass is 526 g/mol. The SMILES string of the molecule is C=CCC1CCC(CCc2cc(-c3ccc4cc(C(=O)OI)ccc4c3)ccc2O)C1. The van der Waals surface area contributed by atoms with Crippen molar-refractivity contribution in [3.8, 4) is 16.9 Å². The first-order valence-corrected chi connectivity index (χ1v) is 11.8. The van der Waals surface area contributed by atoms with Gasteiger partial charge in [0.2, 0.25) is 0 Å². The van der Waals surface area contributed by atoms with E-state index in [4.69, 9.17) is 3.07 Å². The molecule has 1 saturated carbocycles. The molecule has 0 saturated heterocycles. The van der Waals surface area contributed by atoms with Crippen molar-refractivity contribution in [3.63, 3.8) is 0 Å². The molecule has 0 bridgehead atoms. The minimum absolute atomic E-state index is 0.340. The summed E-state index contributed by atoms with van der Waals surface area (Å²) >= 11 is 1.61. The third kappa shape index (κ3) is 5.12. The molecule has 2 unspecified atom stereocenters. The highest BCUT2D eigenvalue weighted by Crippen LogP contribution is 2.37. The lowest BCUT2D eigenvalue weighted by Crippen LogP contribution is -1.99. The van der Waals surface area contributed by atoms with E-state index in [1.54, 1.807) is 29.1 Å². The number of carbonyl (C=O) groups excluding carboxylic acids is 1. The average molecular weight is 526 g/mol. The molecule has 0 aliphatic heterocycles. The van der Waals surface area contributed by atoms with Gasteiger partial charge in [-0.15, -0.1) is 6.58 Å². The number of hydrogen-bond acceptors (Lipinski definition) is 3. The van der Waals surface area contributed by atoms with Crippen molar-refractivity contribution in [2.24, 2.45) is 11.8 Å². The maximum Gasteiger partial charge on any atom is 0.347 e. The summed E-state index contributed by atoms with van der Waals surface area (Å²) in [5.41, 5.74) is 3.76. The van der Waals surface area contributed by atoms with Gasteiger partial charge in [0.15, 0.2) is 23.0 Å². The summed E-state index contributed by atoms with van der Waals surface area (Å²) in [4.78, 5) is 11.8. The number of rotatable bonds is 7. The van der Waals surface area contributed by atoms with E-state index in [2.05, 4.69) is 24.8 Å². The first-order chi connectivity index (χ1) is 15.1. The first kappa shape index (κ1) is 21.9. The Labute approximate surface area is 197 Å². The number of benzene rings is 3. The Kier molecular flexibility index (Phi) is 6.96. The lowest BCUT2D eigenvalue weighted by atomic mass is 9.93. The smallest absolute Gasteiger partial charge is 0.347 e. The van der Waals surface area contributed by atoms with Gasteiger partial charge in [-0.2, -0.15) is 0 Å². The molecule has 1 N–H and O–H groups in total. The van der Waals surface area contributed by atoms with Crippen molar-refractivity contribution in [2.45, 2.75) is 38.5 Å². The molecule has 1 fully saturated rings. The maximum atomic E-state index is 11.8. The molecular formula is C27H27IO3. The second-order valence-electron chi connectivity index (χ2n) is 8.59. The normalized spacial score (nSPS) is 18.2. The van der Waals surface area contributed by atoms with E-state index in [1.165, 1.54) is 19.3 Å². The highest BCUT2D eigenvalue weighted by molar-refractivity contribution is 14.1. The van der Waals surface area contributed by atoms with Crippen LogP contribution < -0.4 is 0 Å². The zero-order valence-electron chi connectivity index (χ0n) is 17.5. The van der Waals surface area contributed by atoms with Crippen LogP contribution >= 0.6 is 23.0 Å². The van der Waals surface area contributed by atoms with Gasteiger partial charge in [0.25, 0.3) is 0 Å². The molecule has 31 heavy (non-hydrogen) atoms. The van der Waals surface area contributed by atoms with Crippen LogP contribution in [0.4, 0.5) is 0 Å². The van der Waals surface area contributed by atoms with Crippen molar-refractivity contribution in [3.05, 3.63) is 78.4 Å². The third-order valence-electron chi connectivity index (χ3n) is 6.53. The van der Waals surface area contributed by atoms with Crippen LogP contribution in [0, 0.1) is 11.8 Å². The van der Waals surface area contributed by atoms with Crippen LogP contribution in [-0.4, -0.2) is 11.1 Å². The van der Waals surface area contributed by atoms with Crippen LogP contribution in [0.25, 0.3) is 21.9 Å². The number of phenolic OH excluding ortho intramolecular Hbond substituents is 1. The molecule has 3 nitrogen and oxygen atoms in total. The van der Waals surface area contributed by atoms with Gasteiger partial charge in [-0.05, 0) is 102 Å². The van der Waals surface area contributed by atoms with Gasteiger partial charge in [-0.1, -0.05) is 36.8 Å². The third-order valence-corrected chi connectivity index (χ3v) is 6.93. The van der Waals surface area contributed by atoms with E-state index in [0.717, 1.165) is 58.6 Å². The Bertz CT molecular complexity index is 1100. The molecule has 0 radical (unpaired) electrons. The quantitative estimate of drug-likeness (QED) is 0.254. The van der Waals surface area contributed by atoms with Crippen molar-refractivity contribution in [2.75, 3.05) is 0 Å². The van der Waals surface area contributed by atoms with E-state index in [0.29, 0.717) is 11.3 Å². The van der Waals surface area contributed by atoms with Crippen LogP contribution in [0.2, 0.25) is 0 Å². The number of aromatic hydroxyl groups is 1. The van der Waals surface area contributed by atoms with E-state index in [-0.39, 0.29) is 5.97 Å². The van der Waals surface area contributed by atoms with Gasteiger partial charge in [0.1, 0.15) is 5.75 Å². The number of fused-ring (bicyclic) bond motifs is 1. The van der Waals surface area contributed by atoms with Crippen LogP contribution in [-0.2, 0) is 9.49 Å². The predicted octanol–water partition coefficient (Wildman–Crippen LogP) is 7.64. The number of allylic oxidation sites excluding steroid dienone is 1. The molecule has 0 heterocycles. The lowest BCUT2D eigenvalue weighted by Gasteiger charge is -2.13. The highest BCUT2D eigenvalue weighted by Gasteiger charge is 2.23. The standard InChI is InChI=1S/C27H27IO3/c1-2-3-18-4-5-19(14-18)6-7-24-16-23(12-13-26(24)29)20-8-9-22-17-25(27(30)31-28)11-10-21(22)15-20/h2,8-13,15-19,29H,1,3-7,14H2. The number of halogens is 1. The van der Waals surface area contributed by atoms with Crippen molar-refractivity contribution in [1.29, 1.82) is 0 Å². The Hall–Kier alpha value is -2.34. The minimum Gasteiger partial charge on any atom is -0.508 e. The summed E-state index contributed by atoms with van der Waals surface area (Å²) in [6.07, 6.45) is 9.07. The fraction of sp³-hybridized carbons (Fsp3) is 0.296. The summed E-state index contributed by atoms with van der Waals surface area (Å²) in [5, 5.41) is 12.5. The molecule has 160 valence electrons. The van der Waals surface area contributed by atoms with Gasteiger partial charge >= 0.3 is 5.97 Å². The van der Waals surface area contributed by atoms with Crippen molar-refractivity contribution >= 4 is 39.7 Å². The molecule has 0 amide bonds. The lowest BCUT2D eigenvalue weighted by molar-refractivity contribution is 0.0800. The number of carbonyl (C=O) groups is 1. The van der Waals surface area contributed by atoms with Crippen LogP contribution in [0.1, 0.15) is 48.0 Å². The van der Waals surface area contributed by atoms with E-state index in [9.17, 15) is 9.90 Å². The molecule has 0 aromatic heterocycles. The zero-order valence-corrected chi connectivity index (χ0v) is 19.7. The van der Waals surface area contributed by atoms with Gasteiger partial charge in [0.05, 0.1) is 5.56 Å². The minimum atomic E-state index is -0.340. The average Bonchev–Trinajstić information content (AvgIpc) is 3.25. The predicted molar refractivity (Wildman–Crippen MR) is 134 cm³/mol. The fourth-order valence-electron chi connectivity index (χ4n) is 4.81. The van der Waals surface area contributed by atoms with Crippen molar-refractivity contribution in [1.82, 2.24) is 0 Å². The summed E-state index contributed by atoms with van der Waals surface area (Å²) in [6.45, 7) is 3.87. The molecule has 3 aromatic carbocycles. The Morgan fingerprint density at radius 1 is 1.03 bits per heavy atom. The molecule has 4 heteroatoms. The van der Waals surface area contributed by atoms with Crippen LogP contribution in [0.15, 0.2) is 67.3 Å². The number of aryl methyl sites for hydroxylation is 1. The number of hydrogen-bond donors (Lipinski definition) is 1. The first-order valence-electron chi connectivity index (χ1n) is 10.9. The maximum absolute atomic E-state index is 11.8. The van der Waals surface area contributed by atoms with Gasteiger partial charge in [0, 0.05) is 0 Å². The highest BCUT2D eigenvalue weighted by atomic mass is 127. The summed E-state index contributed by atoms with van der Waals surface area (Å²) in [5.74, 6) is 1.58. The second-order valence-corrected chi connectivity index (χ2v) is 9.03. The molecule has 4 rings (SSSR count). The van der Waals surface area contributed by atoms with Crippen LogP contribution in [0.3, 0.4) is 0 Å². The largest absolute Gasteiger partial charge is 0.508 e. The summed E-state index contributed by atoms with van der Waals surface area (Å²) < 4.78 is 4.78. The molecule has 2 atom stereocenters. The van der Waals surface area contributed by atoms with E-state index < -0.39 is 0 Å². The second kappa shape index (κ2) is 9.86. The van der Waals surface area contributed by atoms with Gasteiger partial charge < -0.3 is 8.17 Å². The van der Waals surface area contributed by atoms with Crippen LogP contribution in [0.5, 0.6) is 5.75 Å². The summed E-state index contributed by atoms with van der Waals surface area (Å²) in [6, 6.07) is 17.7. The van der Waals surface area contributed by atoms with E-state index >= 15 is 0 Å². The Balaban J connectivity index is 1.51. The molecule has 1 aliphatic carbocycles. The topological polar surface area (TPSA) is 46.5 Å². The fourth-order valence-corrected chi connectivity index (χ4v) is 5.07.